The number of rotatable bonds is 7. The summed E-state index contributed by atoms with van der Waals surface area (Å²) < 4.78 is 12.8. The van der Waals surface area contributed by atoms with Gasteiger partial charge in [-0.05, 0) is 73.8 Å². The Morgan fingerprint density at radius 2 is 1.65 bits per heavy atom. The van der Waals surface area contributed by atoms with Crippen LogP contribution in [-0.2, 0) is 13.2 Å². The summed E-state index contributed by atoms with van der Waals surface area (Å²) in [4.78, 5) is 0. The number of halogens is 2. The zero-order chi connectivity index (χ0) is 18.4. The molecule has 1 N–H and O–H groups in total. The molecule has 0 aliphatic heterocycles. The molecule has 26 heavy (non-hydrogen) atoms. The third-order valence-corrected chi connectivity index (χ3v) is 4.28. The molecule has 0 aliphatic carbocycles. The molecule has 0 unspecified atom stereocenters. The molecule has 0 radical (unpaired) electrons. The lowest BCUT2D eigenvalue weighted by Gasteiger charge is -2.21. The monoisotopic (exact) mass is 441 g/mol. The highest BCUT2D eigenvalue weighted by Gasteiger charge is 2.14. The van der Waals surface area contributed by atoms with Gasteiger partial charge in [-0.3, -0.25) is 0 Å². The SMILES string of the molecule is CCOc1cc(CNC(C)(C)C)cc(Br)c1OCc1ccc(C)cc1.Cl. The number of nitrogens with one attached hydrogen (secondary N) is 1. The summed E-state index contributed by atoms with van der Waals surface area (Å²) in [5.74, 6) is 1.52. The molecule has 2 aromatic rings. The van der Waals surface area contributed by atoms with Crippen LogP contribution < -0.4 is 14.8 Å². The fourth-order valence-electron chi connectivity index (χ4n) is 2.33. The molecule has 0 fully saturated rings. The predicted molar refractivity (Wildman–Crippen MR) is 115 cm³/mol. The zero-order valence-electron chi connectivity index (χ0n) is 16.2. The van der Waals surface area contributed by atoms with Crippen LogP contribution in [-0.4, -0.2) is 12.1 Å². The van der Waals surface area contributed by atoms with Crippen LogP contribution in [0.4, 0.5) is 0 Å². The first kappa shape index (κ1) is 22.8. The Bertz CT molecular complexity index is 696. The van der Waals surface area contributed by atoms with Crippen molar-refractivity contribution >= 4 is 28.3 Å². The standard InChI is InChI=1S/C21H28BrNO2.ClH/c1-6-24-19-12-17(13-23-21(3,4)5)11-18(22)20(19)25-14-16-9-7-15(2)8-10-16;/h7-12,23H,6,13-14H2,1-5H3;1H. The van der Waals surface area contributed by atoms with Crippen molar-refractivity contribution in [3.63, 3.8) is 0 Å². The van der Waals surface area contributed by atoms with E-state index in [0.717, 1.165) is 33.6 Å². The Kier molecular flexibility index (Phi) is 8.94. The van der Waals surface area contributed by atoms with Crippen LogP contribution in [0.5, 0.6) is 11.5 Å². The van der Waals surface area contributed by atoms with E-state index >= 15 is 0 Å². The second-order valence-corrected chi connectivity index (χ2v) is 8.07. The summed E-state index contributed by atoms with van der Waals surface area (Å²) in [5.41, 5.74) is 3.61. The van der Waals surface area contributed by atoms with Gasteiger partial charge < -0.3 is 14.8 Å². The van der Waals surface area contributed by atoms with E-state index < -0.39 is 0 Å². The Hall–Kier alpha value is -1.23. The van der Waals surface area contributed by atoms with Gasteiger partial charge in [-0.1, -0.05) is 29.8 Å². The largest absolute Gasteiger partial charge is 0.490 e. The fraction of sp³-hybridized carbons (Fsp3) is 0.429. The third-order valence-electron chi connectivity index (χ3n) is 3.70. The van der Waals surface area contributed by atoms with Crippen molar-refractivity contribution in [2.75, 3.05) is 6.61 Å². The van der Waals surface area contributed by atoms with Gasteiger partial charge in [0.05, 0.1) is 11.1 Å². The minimum Gasteiger partial charge on any atom is -0.490 e. The van der Waals surface area contributed by atoms with Crippen LogP contribution in [0, 0.1) is 6.92 Å². The molecule has 0 spiro atoms. The van der Waals surface area contributed by atoms with Crippen molar-refractivity contribution in [2.24, 2.45) is 0 Å². The van der Waals surface area contributed by atoms with E-state index in [9.17, 15) is 0 Å². The van der Waals surface area contributed by atoms with Crippen LogP contribution >= 0.6 is 28.3 Å². The van der Waals surface area contributed by atoms with Crippen molar-refractivity contribution < 1.29 is 9.47 Å². The van der Waals surface area contributed by atoms with E-state index in [1.807, 2.05) is 6.92 Å². The molecule has 2 aromatic carbocycles. The summed E-state index contributed by atoms with van der Waals surface area (Å²) in [7, 11) is 0. The van der Waals surface area contributed by atoms with Gasteiger partial charge in [0.15, 0.2) is 11.5 Å². The first-order valence-corrected chi connectivity index (χ1v) is 9.46. The molecule has 0 saturated carbocycles. The molecule has 0 bridgehead atoms. The van der Waals surface area contributed by atoms with E-state index in [0.29, 0.717) is 13.2 Å². The Labute approximate surface area is 172 Å². The quantitative estimate of drug-likeness (QED) is 0.566. The average molecular weight is 443 g/mol. The zero-order valence-corrected chi connectivity index (χ0v) is 18.6. The molecule has 5 heteroatoms. The molecule has 0 amide bonds. The van der Waals surface area contributed by atoms with E-state index in [1.54, 1.807) is 0 Å². The van der Waals surface area contributed by atoms with Gasteiger partial charge >= 0.3 is 0 Å². The topological polar surface area (TPSA) is 30.5 Å². The Morgan fingerprint density at radius 1 is 1.00 bits per heavy atom. The molecule has 144 valence electrons. The van der Waals surface area contributed by atoms with Crippen LogP contribution in [0.3, 0.4) is 0 Å². The highest BCUT2D eigenvalue weighted by atomic mass is 79.9. The van der Waals surface area contributed by atoms with Gasteiger partial charge in [-0.25, -0.2) is 0 Å². The molecule has 0 saturated heterocycles. The van der Waals surface area contributed by atoms with Crippen LogP contribution in [0.1, 0.15) is 44.4 Å². The molecule has 0 atom stereocenters. The number of benzene rings is 2. The van der Waals surface area contributed by atoms with E-state index in [-0.39, 0.29) is 17.9 Å². The van der Waals surface area contributed by atoms with E-state index in [4.69, 9.17) is 9.47 Å². The van der Waals surface area contributed by atoms with Gasteiger partial charge in [-0.15, -0.1) is 12.4 Å². The maximum atomic E-state index is 6.05. The lowest BCUT2D eigenvalue weighted by Crippen LogP contribution is -2.35. The van der Waals surface area contributed by atoms with E-state index in [2.05, 4.69) is 85.3 Å². The van der Waals surface area contributed by atoms with Crippen molar-refractivity contribution in [3.8, 4) is 11.5 Å². The summed E-state index contributed by atoms with van der Waals surface area (Å²) in [5, 5.41) is 3.50. The maximum Gasteiger partial charge on any atom is 0.175 e. The van der Waals surface area contributed by atoms with Crippen molar-refractivity contribution in [1.82, 2.24) is 5.32 Å². The third kappa shape index (κ3) is 7.18. The first-order chi connectivity index (χ1) is 11.8. The number of hydrogen-bond acceptors (Lipinski definition) is 3. The van der Waals surface area contributed by atoms with Gasteiger partial charge in [0.2, 0.25) is 0 Å². The first-order valence-electron chi connectivity index (χ1n) is 8.67. The molecule has 0 aliphatic rings. The summed E-state index contributed by atoms with van der Waals surface area (Å²) >= 11 is 3.64. The Balaban J connectivity index is 0.00000338. The smallest absolute Gasteiger partial charge is 0.175 e. The highest BCUT2D eigenvalue weighted by Crippen LogP contribution is 2.37. The normalized spacial score (nSPS) is 11.0. The highest BCUT2D eigenvalue weighted by molar-refractivity contribution is 9.10. The summed E-state index contributed by atoms with van der Waals surface area (Å²) in [6, 6.07) is 12.5. The lowest BCUT2D eigenvalue weighted by molar-refractivity contribution is 0.267. The number of hydrogen-bond donors (Lipinski definition) is 1. The van der Waals surface area contributed by atoms with Crippen molar-refractivity contribution in [1.29, 1.82) is 0 Å². The molecule has 0 heterocycles. The summed E-state index contributed by atoms with van der Waals surface area (Å²) in [6.45, 7) is 12.4. The second kappa shape index (κ2) is 10.2. The van der Waals surface area contributed by atoms with Crippen molar-refractivity contribution in [3.05, 3.63) is 57.6 Å². The minimum absolute atomic E-state index is 0. The molecule has 0 aromatic heterocycles. The minimum atomic E-state index is 0. The fourth-order valence-corrected chi connectivity index (χ4v) is 2.94. The maximum absolute atomic E-state index is 6.05. The van der Waals surface area contributed by atoms with E-state index in [1.165, 1.54) is 5.56 Å². The van der Waals surface area contributed by atoms with Gasteiger partial charge in [0.25, 0.3) is 0 Å². The van der Waals surface area contributed by atoms with Gasteiger partial charge in [-0.2, -0.15) is 0 Å². The van der Waals surface area contributed by atoms with Gasteiger partial charge in [0, 0.05) is 12.1 Å². The summed E-state index contributed by atoms with van der Waals surface area (Å²) in [6.07, 6.45) is 0. The van der Waals surface area contributed by atoms with Crippen LogP contribution in [0.25, 0.3) is 0 Å². The average Bonchev–Trinajstić information content (AvgIpc) is 2.53. The van der Waals surface area contributed by atoms with Crippen LogP contribution in [0.15, 0.2) is 40.9 Å². The van der Waals surface area contributed by atoms with Crippen LogP contribution in [0.2, 0.25) is 0 Å². The Morgan fingerprint density at radius 3 is 2.23 bits per heavy atom. The predicted octanol–water partition coefficient (Wildman–Crippen LogP) is 6.05. The van der Waals surface area contributed by atoms with Crippen molar-refractivity contribution in [2.45, 2.75) is 53.3 Å². The molecular formula is C21H29BrClNO2. The number of ether oxygens (including phenoxy) is 2. The lowest BCUT2D eigenvalue weighted by atomic mass is 10.1. The second-order valence-electron chi connectivity index (χ2n) is 7.22. The van der Waals surface area contributed by atoms with Gasteiger partial charge in [0.1, 0.15) is 6.61 Å². The molecule has 2 rings (SSSR count). The number of aryl methyl sites for hydroxylation is 1. The molecular weight excluding hydrogens is 414 g/mol. The molecule has 3 nitrogen and oxygen atoms in total.